The van der Waals surface area contributed by atoms with Crippen molar-refractivity contribution in [3.63, 3.8) is 0 Å². The van der Waals surface area contributed by atoms with Crippen molar-refractivity contribution in [2.24, 2.45) is 16.1 Å². The zero-order chi connectivity index (χ0) is 36.0. The molecule has 0 aromatic heterocycles. The van der Waals surface area contributed by atoms with Crippen molar-refractivity contribution in [3.05, 3.63) is 74.8 Å². The Morgan fingerprint density at radius 1 is 1.00 bits per heavy atom. The quantitative estimate of drug-likeness (QED) is 0.243. The Morgan fingerprint density at radius 3 is 2.24 bits per heavy atom. The number of carbonyl (C=O) groups is 2. The lowest BCUT2D eigenvalue weighted by Crippen LogP contribution is -2.31. The number of amides is 1. The summed E-state index contributed by atoms with van der Waals surface area (Å²) in [5, 5.41) is 15.1. The lowest BCUT2D eigenvalue weighted by Gasteiger charge is -2.29. The van der Waals surface area contributed by atoms with Gasteiger partial charge in [0.1, 0.15) is 5.69 Å². The van der Waals surface area contributed by atoms with E-state index in [2.05, 4.69) is 50.9 Å². The summed E-state index contributed by atoms with van der Waals surface area (Å²) < 4.78 is 22.4. The summed E-state index contributed by atoms with van der Waals surface area (Å²) in [4.78, 5) is 26.6. The second-order valence-electron chi connectivity index (χ2n) is 13.8. The van der Waals surface area contributed by atoms with Gasteiger partial charge in [0, 0.05) is 5.56 Å². The number of aromatic carboxylic acids is 1. The third kappa shape index (κ3) is 6.05. The van der Waals surface area contributed by atoms with E-state index in [1.807, 2.05) is 53.7 Å². The normalized spacial score (nSPS) is 15.0. The van der Waals surface area contributed by atoms with Crippen LogP contribution in [0.1, 0.15) is 104 Å². The second-order valence-corrected chi connectivity index (χ2v) is 13.8. The molecule has 4 rings (SSSR count). The highest BCUT2D eigenvalue weighted by molar-refractivity contribution is 6.72. The zero-order valence-corrected chi connectivity index (χ0v) is 29.5. The molecule has 0 spiro atoms. The van der Waals surface area contributed by atoms with Crippen molar-refractivity contribution in [1.29, 1.82) is 1.43 Å². The first-order valence-corrected chi connectivity index (χ1v) is 15.8. The molecule has 8 heteroatoms. The van der Waals surface area contributed by atoms with Crippen LogP contribution < -0.4 is 15.2 Å². The van der Waals surface area contributed by atoms with Crippen LogP contribution in [0.15, 0.2) is 40.5 Å². The summed E-state index contributed by atoms with van der Waals surface area (Å²) in [6.45, 7) is 24.3. The average Bonchev–Trinajstić information content (AvgIpc) is 3.32. The van der Waals surface area contributed by atoms with Gasteiger partial charge < -0.3 is 9.85 Å². The lowest BCUT2D eigenvalue weighted by atomic mass is 9.77. The van der Waals surface area contributed by atoms with Crippen LogP contribution >= 0.6 is 0 Å². The summed E-state index contributed by atoms with van der Waals surface area (Å²) in [5.41, 5.74) is 10.5. The maximum atomic E-state index is 14.2. The van der Waals surface area contributed by atoms with Crippen LogP contribution in [0.4, 0.5) is 11.4 Å². The minimum Gasteiger partial charge on any atom is -0.494 e. The highest BCUT2D eigenvalue weighted by Gasteiger charge is 2.37. The number of anilines is 2. The Labute approximate surface area is 276 Å². The smallest absolute Gasteiger partial charge is 0.335 e. The average molecular weight is 627 g/mol. The molecule has 1 aliphatic heterocycles. The number of nitrogens with zero attached hydrogens (tertiary/aromatic N) is 3. The molecular formula is C38H48N4O4. The Morgan fingerprint density at radius 2 is 1.67 bits per heavy atom. The zero-order valence-electron chi connectivity index (χ0n) is 31.5. The van der Waals surface area contributed by atoms with Gasteiger partial charge >= 0.3 is 11.9 Å². The fourth-order valence-electron chi connectivity index (χ4n) is 6.45. The van der Waals surface area contributed by atoms with Crippen molar-refractivity contribution in [2.45, 2.75) is 94.4 Å². The first-order chi connectivity index (χ1) is 22.4. The number of hydrazone groups is 2. The van der Waals surface area contributed by atoms with Crippen LogP contribution in [-0.4, -0.2) is 35.5 Å². The first-order valence-electron chi connectivity index (χ1n) is 16.6. The molecule has 0 saturated carbocycles. The number of carbonyl (C=O) groups excluding carboxylic acids is 1. The molecule has 244 valence electrons. The third-order valence-corrected chi connectivity index (χ3v) is 8.84. The van der Waals surface area contributed by atoms with Crippen LogP contribution in [-0.2, 0) is 10.2 Å². The number of methoxy groups -OCH3 is 1. The summed E-state index contributed by atoms with van der Waals surface area (Å²) in [5.74, 6) is -0.651. The molecule has 8 nitrogen and oxygen atoms in total. The molecule has 0 unspecified atom stereocenters. The molecule has 3 aromatic carbocycles. The van der Waals surface area contributed by atoms with Gasteiger partial charge in [-0.1, -0.05) is 60.6 Å². The molecule has 0 atom stereocenters. The number of benzene rings is 3. The molecular weight excluding hydrogens is 576 g/mol. The van der Waals surface area contributed by atoms with Crippen LogP contribution in [0.25, 0.3) is 12.6 Å². The Kier molecular flexibility index (Phi) is 8.73. The first kappa shape index (κ1) is 31.5. The van der Waals surface area contributed by atoms with Gasteiger partial charge in [-0.2, -0.15) is 15.2 Å². The summed E-state index contributed by atoms with van der Waals surface area (Å²) in [6, 6.07) is 9.41. The molecule has 46 heavy (non-hydrogen) atoms. The van der Waals surface area contributed by atoms with E-state index in [1.165, 1.54) is 23.2 Å². The Hall–Kier alpha value is -4.46. The molecule has 0 radical (unpaired) electrons. The van der Waals surface area contributed by atoms with Gasteiger partial charge in [0.15, 0.2) is 12.9 Å². The van der Waals surface area contributed by atoms with Gasteiger partial charge in [0.25, 0.3) is 1.43 Å². The second kappa shape index (κ2) is 12.7. The highest BCUT2D eigenvalue weighted by atomic mass is 16.5. The number of hydrogen-bond donors (Lipinski definition) is 2. The number of hydrogen-bond acceptors (Lipinski definition) is 7. The Balaban J connectivity index is 1.90. The number of aryl methyl sites for hydroxylation is 2. The van der Waals surface area contributed by atoms with E-state index in [-0.39, 0.29) is 22.6 Å². The van der Waals surface area contributed by atoms with Crippen LogP contribution in [0.3, 0.4) is 0 Å². The molecule has 1 aliphatic rings. The summed E-state index contributed by atoms with van der Waals surface area (Å²) in [6.07, 6.45) is 0. The van der Waals surface area contributed by atoms with Crippen LogP contribution in [0.2, 0.25) is 1.41 Å². The van der Waals surface area contributed by atoms with Crippen molar-refractivity contribution in [3.8, 4) is 16.9 Å². The number of nitrogens with one attached hydrogen (secondary N) is 1. The molecule has 0 fully saturated rings. The van der Waals surface area contributed by atoms with Crippen molar-refractivity contribution in [1.82, 2.24) is 0 Å². The maximum absolute atomic E-state index is 14.2. The van der Waals surface area contributed by atoms with Crippen molar-refractivity contribution >= 4 is 34.7 Å². The standard InChI is InChI=1S/C38H48N4O4/c1-19(2)26-16-17-29(25(9)31(26)38(10,11)12)42-36(43)34(32(41-42)20(3)4)40-39-33-23(7)22(6)18-28(35(33)46-13)30-21(5)14-15-27(24(30)8)37(44)45/h14-20,39H,1-13H3,(H,44,45)/b40-34-/i/hD2. The molecule has 0 aliphatic carbocycles. The highest BCUT2D eigenvalue weighted by Crippen LogP contribution is 2.44. The van der Waals surface area contributed by atoms with Gasteiger partial charge in [0.2, 0.25) is 0 Å². The molecule has 2 N–H and O–H groups in total. The van der Waals surface area contributed by atoms with E-state index in [0.29, 0.717) is 39.9 Å². The predicted octanol–water partition coefficient (Wildman–Crippen LogP) is 8.85. The number of carboxylic acids is 1. The van der Waals surface area contributed by atoms with Gasteiger partial charge in [-0.15, -0.1) is 0 Å². The van der Waals surface area contributed by atoms with E-state index in [4.69, 9.17) is 11.3 Å². The largest absolute Gasteiger partial charge is 0.494 e. The number of carboxylic acid groups (broad SMARTS) is 1. The molecule has 3 aromatic rings. The minimum absolute atomic E-state index is 0.0849. The minimum atomic E-state index is -0.765. The lowest BCUT2D eigenvalue weighted by molar-refractivity contribution is -0.112. The van der Waals surface area contributed by atoms with Crippen molar-refractivity contribution in [2.75, 3.05) is 17.5 Å². The van der Waals surface area contributed by atoms with Gasteiger partial charge in [0.05, 0.1) is 24.1 Å². The van der Waals surface area contributed by atoms with Gasteiger partial charge in [-0.3, -0.25) is 10.2 Å². The molecule has 1 heterocycles. The number of rotatable bonds is 8. The van der Waals surface area contributed by atoms with Crippen LogP contribution in [0, 0.1) is 40.5 Å². The summed E-state index contributed by atoms with van der Waals surface area (Å²) >= 11 is 0. The summed E-state index contributed by atoms with van der Waals surface area (Å²) in [7, 11) is 1.52. The molecule has 0 bridgehead atoms. The number of ether oxygens (including phenoxy) is 1. The molecule has 1 amide bonds. The van der Waals surface area contributed by atoms with Gasteiger partial charge in [-0.05, 0) is 115 Å². The van der Waals surface area contributed by atoms with E-state index in [9.17, 15) is 11.0 Å². The SMILES string of the molecule is [2H]OC(=O)c1ccc(C)c(-c2cc(C)c(C)c(N([2H])/N=C3\C(=O)N(c4ccc(C(C)C)c(C(C)(C)C)c4C)N=C3C(C)C)c2OC)c1C. The monoisotopic (exact) mass is 626 g/mol. The fourth-order valence-corrected chi connectivity index (χ4v) is 6.45. The Bertz CT molecular complexity index is 1850. The van der Waals surface area contributed by atoms with Crippen LogP contribution in [0.5, 0.6) is 5.75 Å². The topological polar surface area (TPSA) is 104 Å². The van der Waals surface area contributed by atoms with Crippen molar-refractivity contribution < 1.29 is 20.8 Å². The third-order valence-electron chi connectivity index (χ3n) is 8.84. The van der Waals surface area contributed by atoms with E-state index < -0.39 is 11.9 Å². The van der Waals surface area contributed by atoms with E-state index in [1.54, 1.807) is 19.1 Å². The fraction of sp³-hybridized carbons (Fsp3) is 0.421. The van der Waals surface area contributed by atoms with E-state index >= 15 is 0 Å². The van der Waals surface area contributed by atoms with Gasteiger partial charge in [-0.25, -0.2) is 4.79 Å². The molecule has 0 saturated heterocycles. The van der Waals surface area contributed by atoms with E-state index in [0.717, 1.165) is 33.2 Å². The maximum Gasteiger partial charge on any atom is 0.335 e. The predicted molar refractivity (Wildman–Crippen MR) is 189 cm³/mol.